The smallest absolute Gasteiger partial charge is 0.178 e. The van der Waals surface area contributed by atoms with Crippen LogP contribution in [0, 0.1) is 0 Å². The molecule has 1 aliphatic rings. The minimum Gasteiger partial charge on any atom is -0.872 e. The van der Waals surface area contributed by atoms with Crippen molar-refractivity contribution in [3.05, 3.63) is 24.0 Å². The molecular formula is C5H3O2-. The van der Waals surface area contributed by atoms with Crippen molar-refractivity contribution in [2.45, 2.75) is 0 Å². The van der Waals surface area contributed by atoms with Gasteiger partial charge in [-0.15, -0.1) is 5.76 Å². The monoisotopic (exact) mass is 95.0 g/mol. The van der Waals surface area contributed by atoms with Crippen LogP contribution in [0.4, 0.5) is 0 Å². The number of hydrogen-bond donors (Lipinski definition) is 0. The Morgan fingerprint density at radius 1 is 1.43 bits per heavy atom. The lowest BCUT2D eigenvalue weighted by atomic mass is 10.4. The SMILES string of the molecule is O=C1C=CC([O-])=C1. The molecule has 0 saturated heterocycles. The average Bonchev–Trinajstić information content (AvgIpc) is 1.87. The zero-order valence-electron chi connectivity index (χ0n) is 3.55. The highest BCUT2D eigenvalue weighted by Gasteiger charge is 1.92. The van der Waals surface area contributed by atoms with Gasteiger partial charge in [0.15, 0.2) is 5.78 Å². The van der Waals surface area contributed by atoms with E-state index in [-0.39, 0.29) is 11.5 Å². The van der Waals surface area contributed by atoms with Crippen LogP contribution in [0.25, 0.3) is 0 Å². The lowest BCUT2D eigenvalue weighted by molar-refractivity contribution is -0.294. The number of hydrogen-bond acceptors (Lipinski definition) is 2. The summed E-state index contributed by atoms with van der Waals surface area (Å²) in [6.07, 6.45) is 3.56. The van der Waals surface area contributed by atoms with E-state index in [4.69, 9.17) is 0 Å². The topological polar surface area (TPSA) is 40.1 Å². The third-order valence-electron chi connectivity index (χ3n) is 0.696. The van der Waals surface area contributed by atoms with Gasteiger partial charge in [-0.25, -0.2) is 0 Å². The van der Waals surface area contributed by atoms with Gasteiger partial charge < -0.3 is 5.11 Å². The number of ketones is 1. The van der Waals surface area contributed by atoms with Crippen molar-refractivity contribution in [3.8, 4) is 0 Å². The first kappa shape index (κ1) is 4.12. The Kier molecular flexibility index (Phi) is 0.719. The first-order valence-corrected chi connectivity index (χ1v) is 1.90. The van der Waals surface area contributed by atoms with E-state index >= 15 is 0 Å². The van der Waals surface area contributed by atoms with Crippen molar-refractivity contribution in [3.63, 3.8) is 0 Å². The van der Waals surface area contributed by atoms with Crippen molar-refractivity contribution < 1.29 is 9.90 Å². The van der Waals surface area contributed by atoms with E-state index < -0.39 is 0 Å². The van der Waals surface area contributed by atoms with Crippen LogP contribution in [0.3, 0.4) is 0 Å². The van der Waals surface area contributed by atoms with Crippen LogP contribution in [0.1, 0.15) is 0 Å². The molecule has 36 valence electrons. The average molecular weight is 95.1 g/mol. The van der Waals surface area contributed by atoms with E-state index in [0.717, 1.165) is 6.08 Å². The highest BCUT2D eigenvalue weighted by molar-refractivity contribution is 6.02. The second-order valence-corrected chi connectivity index (χ2v) is 1.28. The molecule has 0 spiro atoms. The Morgan fingerprint density at radius 3 is 2.29 bits per heavy atom. The Morgan fingerprint density at radius 2 is 2.14 bits per heavy atom. The highest BCUT2D eigenvalue weighted by Crippen LogP contribution is 1.96. The van der Waals surface area contributed by atoms with Crippen LogP contribution < -0.4 is 5.11 Å². The van der Waals surface area contributed by atoms with Crippen molar-refractivity contribution in [1.82, 2.24) is 0 Å². The number of carbonyl (C=O) groups is 1. The molecule has 0 unspecified atom stereocenters. The van der Waals surface area contributed by atoms with Crippen molar-refractivity contribution in [2.75, 3.05) is 0 Å². The van der Waals surface area contributed by atoms with Crippen LogP contribution in [0.5, 0.6) is 0 Å². The summed E-state index contributed by atoms with van der Waals surface area (Å²) in [5.74, 6) is -0.407. The van der Waals surface area contributed by atoms with Gasteiger partial charge in [-0.1, -0.05) is 6.08 Å². The second-order valence-electron chi connectivity index (χ2n) is 1.28. The Hall–Kier alpha value is -1.05. The molecule has 0 aromatic rings. The van der Waals surface area contributed by atoms with Crippen LogP contribution in [-0.4, -0.2) is 5.78 Å². The summed E-state index contributed by atoms with van der Waals surface area (Å²) < 4.78 is 0. The van der Waals surface area contributed by atoms with E-state index in [1.165, 1.54) is 12.2 Å². The van der Waals surface area contributed by atoms with Gasteiger partial charge in [0.25, 0.3) is 0 Å². The van der Waals surface area contributed by atoms with E-state index in [0.29, 0.717) is 0 Å². The van der Waals surface area contributed by atoms with Gasteiger partial charge in [-0.3, -0.25) is 4.79 Å². The standard InChI is InChI=1S/C5H4O2/c6-4-1-2-5(7)3-4/h1-3,6H/p-1. The Bertz CT molecular complexity index is 153. The van der Waals surface area contributed by atoms with Crippen molar-refractivity contribution in [1.29, 1.82) is 0 Å². The third-order valence-corrected chi connectivity index (χ3v) is 0.696. The van der Waals surface area contributed by atoms with Crippen LogP contribution in [-0.2, 0) is 4.79 Å². The minimum absolute atomic E-state index is 0.204. The summed E-state index contributed by atoms with van der Waals surface area (Å²) in [6.45, 7) is 0. The number of rotatable bonds is 0. The van der Waals surface area contributed by atoms with Crippen LogP contribution >= 0.6 is 0 Å². The molecule has 2 nitrogen and oxygen atoms in total. The summed E-state index contributed by atoms with van der Waals surface area (Å²) in [4.78, 5) is 10.1. The molecule has 1 rings (SSSR count). The van der Waals surface area contributed by atoms with E-state index in [9.17, 15) is 9.90 Å². The lowest BCUT2D eigenvalue weighted by Gasteiger charge is -1.94. The fraction of sp³-hybridized carbons (Fsp3) is 0. The molecule has 0 aromatic heterocycles. The maximum atomic E-state index is 10.1. The molecule has 0 radical (unpaired) electrons. The number of carbonyl (C=O) groups excluding carboxylic acids is 1. The second kappa shape index (κ2) is 1.22. The van der Waals surface area contributed by atoms with Crippen LogP contribution in [0.2, 0.25) is 0 Å². The first-order valence-electron chi connectivity index (χ1n) is 1.90. The molecule has 0 bridgehead atoms. The summed E-state index contributed by atoms with van der Waals surface area (Å²) >= 11 is 0. The first-order chi connectivity index (χ1) is 3.29. The van der Waals surface area contributed by atoms with Crippen LogP contribution in [0.15, 0.2) is 24.0 Å². The van der Waals surface area contributed by atoms with Crippen molar-refractivity contribution in [2.24, 2.45) is 0 Å². The van der Waals surface area contributed by atoms with Gasteiger partial charge >= 0.3 is 0 Å². The van der Waals surface area contributed by atoms with Gasteiger partial charge in [0.05, 0.1) is 0 Å². The molecular weight excluding hydrogens is 92.1 g/mol. The van der Waals surface area contributed by atoms with E-state index in [2.05, 4.69) is 0 Å². The van der Waals surface area contributed by atoms with Gasteiger partial charge in [-0.05, 0) is 12.2 Å². The molecule has 7 heavy (non-hydrogen) atoms. The maximum Gasteiger partial charge on any atom is 0.178 e. The fourth-order valence-electron chi connectivity index (χ4n) is 0.401. The molecule has 1 aliphatic carbocycles. The molecule has 0 amide bonds. The van der Waals surface area contributed by atoms with Crippen molar-refractivity contribution >= 4 is 5.78 Å². The van der Waals surface area contributed by atoms with Gasteiger partial charge in [0, 0.05) is 0 Å². The molecule has 0 atom stereocenters. The van der Waals surface area contributed by atoms with Gasteiger partial charge in [0.2, 0.25) is 0 Å². The molecule has 0 aliphatic heterocycles. The normalized spacial score (nSPS) is 17.7. The highest BCUT2D eigenvalue weighted by atomic mass is 16.3. The minimum atomic E-state index is -0.204. The molecule has 0 saturated carbocycles. The molecule has 0 heterocycles. The zero-order valence-corrected chi connectivity index (χ0v) is 3.55. The summed E-state index contributed by atoms with van der Waals surface area (Å²) in [7, 11) is 0. The summed E-state index contributed by atoms with van der Waals surface area (Å²) in [6, 6.07) is 0. The quantitative estimate of drug-likeness (QED) is 0.402. The molecule has 2 heteroatoms. The summed E-state index contributed by atoms with van der Waals surface area (Å²) in [5.41, 5.74) is 0. The van der Waals surface area contributed by atoms with Gasteiger partial charge in [0.1, 0.15) is 0 Å². The maximum absolute atomic E-state index is 10.1. The molecule has 0 fully saturated rings. The Labute approximate surface area is 40.8 Å². The Balaban J connectivity index is 2.88. The predicted octanol–water partition coefficient (Wildman–Crippen LogP) is -0.631. The number of allylic oxidation sites excluding steroid dienone is 3. The third kappa shape index (κ3) is 0.682. The predicted molar refractivity (Wildman–Crippen MR) is 22.2 cm³/mol. The van der Waals surface area contributed by atoms with E-state index in [1.54, 1.807) is 0 Å². The zero-order chi connectivity index (χ0) is 5.28. The largest absolute Gasteiger partial charge is 0.872 e. The molecule has 0 aromatic carbocycles. The lowest BCUT2D eigenvalue weighted by Crippen LogP contribution is -1.96. The van der Waals surface area contributed by atoms with Gasteiger partial charge in [-0.2, -0.15) is 0 Å². The molecule has 0 N–H and O–H groups in total. The fourth-order valence-corrected chi connectivity index (χ4v) is 0.401. The van der Waals surface area contributed by atoms with E-state index in [1.807, 2.05) is 0 Å². The summed E-state index contributed by atoms with van der Waals surface area (Å²) in [5, 5.41) is 10.1.